The van der Waals surface area contributed by atoms with Crippen LogP contribution in [0.1, 0.15) is 37.7 Å². The summed E-state index contributed by atoms with van der Waals surface area (Å²) in [6, 6.07) is 13.7. The van der Waals surface area contributed by atoms with E-state index in [2.05, 4.69) is 11.4 Å². The van der Waals surface area contributed by atoms with Crippen LogP contribution in [0, 0.1) is 0 Å². The van der Waals surface area contributed by atoms with Crippen LogP contribution < -0.4 is 20.3 Å². The summed E-state index contributed by atoms with van der Waals surface area (Å²) in [6.45, 7) is 1.07. The number of nitrogens with one attached hydrogen (secondary N) is 1. The summed E-state index contributed by atoms with van der Waals surface area (Å²) in [5.74, 6) is 1.46. The monoisotopic (exact) mass is 563 g/mol. The molecule has 4 aromatic rings. The maximum atomic E-state index is 13.7. The smallest absolute Gasteiger partial charge is 0.272 e. The number of hydrogen-bond donors (Lipinski definition) is 1. The number of rotatable bonds is 11. The third-order valence-electron chi connectivity index (χ3n) is 7.00. The van der Waals surface area contributed by atoms with Crippen LogP contribution in [0.15, 0.2) is 64.1 Å². The Labute approximate surface area is 236 Å². The first-order chi connectivity index (χ1) is 19.1. The molecule has 0 radical (unpaired) electrons. The second-order valence-corrected chi connectivity index (χ2v) is 11.6. The summed E-state index contributed by atoms with van der Waals surface area (Å²) in [5.41, 5.74) is 3.08. The van der Waals surface area contributed by atoms with Gasteiger partial charge in [0.1, 0.15) is 4.70 Å². The summed E-state index contributed by atoms with van der Waals surface area (Å²) in [4.78, 5) is 31.4. The van der Waals surface area contributed by atoms with Crippen LogP contribution >= 0.6 is 23.1 Å². The van der Waals surface area contributed by atoms with Crippen LogP contribution in [0.5, 0.6) is 11.5 Å². The Morgan fingerprint density at radius 3 is 2.74 bits per heavy atom. The number of methoxy groups -OCH3 is 2. The van der Waals surface area contributed by atoms with Crippen molar-refractivity contribution < 1.29 is 14.3 Å². The molecule has 0 saturated carbocycles. The topological polar surface area (TPSA) is 82.5 Å². The van der Waals surface area contributed by atoms with E-state index >= 15 is 0 Å². The van der Waals surface area contributed by atoms with Gasteiger partial charge < -0.3 is 14.8 Å². The molecule has 2 heterocycles. The standard InChI is InChI=1S/C30H33N3O4S2/c1-36-23-13-12-21(18-24(23)37-2)15-17-33-29(35)28-27(22-10-6-7-11-25(22)39-28)32-30(33)38-19-26(34)31-16-14-20-8-4-3-5-9-20/h6-8,10-13,18H,3-5,9,14-17,19H2,1-2H3,(H,31,34). The molecule has 5 rings (SSSR count). The van der Waals surface area contributed by atoms with E-state index in [-0.39, 0.29) is 17.2 Å². The third kappa shape index (κ3) is 6.31. The molecule has 0 saturated heterocycles. The Kier molecular flexibility index (Phi) is 8.88. The molecule has 1 N–H and O–H groups in total. The first-order valence-corrected chi connectivity index (χ1v) is 15.1. The Hall–Kier alpha value is -3.30. The van der Waals surface area contributed by atoms with Crippen molar-refractivity contribution in [2.75, 3.05) is 26.5 Å². The highest BCUT2D eigenvalue weighted by atomic mass is 32.2. The predicted molar refractivity (Wildman–Crippen MR) is 160 cm³/mol. The zero-order valence-corrected chi connectivity index (χ0v) is 24.0. The molecule has 1 aliphatic rings. The van der Waals surface area contributed by atoms with Crippen molar-refractivity contribution in [1.29, 1.82) is 0 Å². The molecule has 204 valence electrons. The van der Waals surface area contributed by atoms with E-state index in [9.17, 15) is 9.59 Å². The van der Waals surface area contributed by atoms with Crippen LogP contribution in [0.25, 0.3) is 20.3 Å². The molecule has 0 spiro atoms. The first-order valence-electron chi connectivity index (χ1n) is 13.3. The number of thiophene rings is 1. The second kappa shape index (κ2) is 12.7. The number of allylic oxidation sites excluding steroid dienone is 1. The normalized spacial score (nSPS) is 13.4. The molecule has 39 heavy (non-hydrogen) atoms. The van der Waals surface area contributed by atoms with Crippen molar-refractivity contribution in [2.45, 2.75) is 50.2 Å². The van der Waals surface area contributed by atoms with Gasteiger partial charge >= 0.3 is 0 Å². The van der Waals surface area contributed by atoms with E-state index in [1.54, 1.807) is 18.8 Å². The maximum Gasteiger partial charge on any atom is 0.272 e. The van der Waals surface area contributed by atoms with Crippen molar-refractivity contribution in [3.63, 3.8) is 0 Å². The van der Waals surface area contributed by atoms with Crippen molar-refractivity contribution in [2.24, 2.45) is 0 Å². The lowest BCUT2D eigenvalue weighted by atomic mass is 9.97. The van der Waals surface area contributed by atoms with E-state index in [0.29, 0.717) is 46.4 Å². The quantitative estimate of drug-likeness (QED) is 0.138. The molecule has 2 aromatic heterocycles. The van der Waals surface area contributed by atoms with Crippen LogP contribution in [0.4, 0.5) is 0 Å². The number of aryl methyl sites for hydroxylation is 1. The number of benzene rings is 2. The van der Waals surface area contributed by atoms with Gasteiger partial charge in [-0.15, -0.1) is 11.3 Å². The second-order valence-electron chi connectivity index (χ2n) is 9.56. The predicted octanol–water partition coefficient (Wildman–Crippen LogP) is 5.97. The maximum absolute atomic E-state index is 13.7. The van der Waals surface area contributed by atoms with Crippen molar-refractivity contribution in [3.8, 4) is 11.5 Å². The summed E-state index contributed by atoms with van der Waals surface area (Å²) < 4.78 is 14.2. The fraction of sp³-hybridized carbons (Fsp3) is 0.367. The molecule has 0 aliphatic heterocycles. The summed E-state index contributed by atoms with van der Waals surface area (Å²) in [5, 5.41) is 4.56. The zero-order valence-electron chi connectivity index (χ0n) is 22.3. The van der Waals surface area contributed by atoms with E-state index in [0.717, 1.165) is 34.9 Å². The molecule has 0 bridgehead atoms. The lowest BCUT2D eigenvalue weighted by Crippen LogP contribution is -2.28. The van der Waals surface area contributed by atoms with Gasteiger partial charge in [0.15, 0.2) is 16.7 Å². The number of carbonyl (C=O) groups is 1. The van der Waals surface area contributed by atoms with Gasteiger partial charge in [-0.1, -0.05) is 47.7 Å². The van der Waals surface area contributed by atoms with Gasteiger partial charge in [-0.05, 0) is 62.3 Å². The highest BCUT2D eigenvalue weighted by molar-refractivity contribution is 7.99. The van der Waals surface area contributed by atoms with Crippen molar-refractivity contribution >= 4 is 49.3 Å². The zero-order chi connectivity index (χ0) is 27.2. The van der Waals surface area contributed by atoms with Crippen LogP contribution in [-0.4, -0.2) is 42.0 Å². The number of hydrogen-bond acceptors (Lipinski definition) is 7. The summed E-state index contributed by atoms with van der Waals surface area (Å²) in [7, 11) is 3.22. The first kappa shape index (κ1) is 27.3. The molecular weight excluding hydrogens is 530 g/mol. The minimum Gasteiger partial charge on any atom is -0.493 e. The van der Waals surface area contributed by atoms with Gasteiger partial charge in [-0.3, -0.25) is 14.2 Å². The molecule has 9 heteroatoms. The molecule has 2 aromatic carbocycles. The van der Waals surface area contributed by atoms with Crippen molar-refractivity contribution in [3.05, 3.63) is 70.0 Å². The summed E-state index contributed by atoms with van der Waals surface area (Å²) in [6.07, 6.45) is 8.59. The van der Waals surface area contributed by atoms with Gasteiger partial charge in [-0.2, -0.15) is 0 Å². The number of carbonyl (C=O) groups excluding carboxylic acids is 1. The fourth-order valence-electron chi connectivity index (χ4n) is 4.91. The molecular formula is C30H33N3O4S2. The lowest BCUT2D eigenvalue weighted by molar-refractivity contribution is -0.118. The molecule has 1 aliphatic carbocycles. The molecule has 7 nitrogen and oxygen atoms in total. The fourth-order valence-corrected chi connectivity index (χ4v) is 6.85. The van der Waals surface area contributed by atoms with E-state index in [4.69, 9.17) is 14.5 Å². The highest BCUT2D eigenvalue weighted by Gasteiger charge is 2.18. The molecule has 0 fully saturated rings. The van der Waals surface area contributed by atoms with Gasteiger partial charge in [0.2, 0.25) is 5.91 Å². The number of nitrogens with zero attached hydrogens (tertiary/aromatic N) is 2. The molecule has 1 amide bonds. The van der Waals surface area contributed by atoms with E-state index in [1.165, 1.54) is 41.5 Å². The van der Waals surface area contributed by atoms with Crippen LogP contribution in [0.3, 0.4) is 0 Å². The van der Waals surface area contributed by atoms with Crippen LogP contribution in [0.2, 0.25) is 0 Å². The lowest BCUT2D eigenvalue weighted by Gasteiger charge is -2.14. The highest BCUT2D eigenvalue weighted by Crippen LogP contribution is 2.32. The van der Waals surface area contributed by atoms with Gasteiger partial charge in [0.05, 0.1) is 25.5 Å². The van der Waals surface area contributed by atoms with Crippen molar-refractivity contribution in [1.82, 2.24) is 14.9 Å². The Morgan fingerprint density at radius 2 is 1.95 bits per heavy atom. The van der Waals surface area contributed by atoms with Crippen LogP contribution in [-0.2, 0) is 17.8 Å². The van der Waals surface area contributed by atoms with Gasteiger partial charge in [-0.25, -0.2) is 4.98 Å². The number of aromatic nitrogens is 2. The van der Waals surface area contributed by atoms with E-state index in [1.807, 2.05) is 42.5 Å². The van der Waals surface area contributed by atoms with Gasteiger partial charge in [0.25, 0.3) is 5.56 Å². The van der Waals surface area contributed by atoms with Gasteiger partial charge in [0, 0.05) is 23.2 Å². The Bertz CT molecular complexity index is 1570. The Morgan fingerprint density at radius 1 is 1.10 bits per heavy atom. The average Bonchev–Trinajstić information content (AvgIpc) is 3.35. The number of amides is 1. The minimum atomic E-state index is -0.0752. The SMILES string of the molecule is COc1ccc(CCn2c(SCC(=O)NCCC3=CCCCC3)nc3c(sc4ccccc43)c2=O)cc1OC. The summed E-state index contributed by atoms with van der Waals surface area (Å²) >= 11 is 2.78. The number of fused-ring (bicyclic) bond motifs is 3. The number of ether oxygens (including phenoxy) is 2. The average molecular weight is 564 g/mol. The molecule has 0 atom stereocenters. The third-order valence-corrected chi connectivity index (χ3v) is 9.13. The molecule has 0 unspecified atom stereocenters. The largest absolute Gasteiger partial charge is 0.493 e. The number of thioether (sulfide) groups is 1. The van der Waals surface area contributed by atoms with E-state index < -0.39 is 0 Å². The Balaban J connectivity index is 1.37. The minimum absolute atomic E-state index is 0.0487.